The number of nitrogens with two attached hydrogens (primary N) is 1. The highest BCUT2D eigenvalue weighted by molar-refractivity contribution is 14.0. The number of nitrogens with one attached hydrogen (secondary N) is 1. The quantitative estimate of drug-likeness (QED) is 0.197. The maximum Gasteiger partial charge on any atom is 0.193 e. The number of rotatable bonds is 7. The molecule has 3 N–H and O–H groups in total. The van der Waals surface area contributed by atoms with Crippen molar-refractivity contribution in [3.05, 3.63) is 77.0 Å². The summed E-state index contributed by atoms with van der Waals surface area (Å²) < 4.78 is 27.7. The standard InChI is InChI=1S/C23H25F2N7.HI/c1-28-23(31(2)15-16-5-7-17(24)8-6-16)29-13-3-4-21-20(14-26)22(27)32(30-21)19-11-9-18(25)10-12-19;/h5-12H,3-4,13,15,27H2,1-2H3,(H,28,29);1H. The van der Waals surface area contributed by atoms with Crippen LogP contribution in [0.25, 0.3) is 5.69 Å². The molecule has 0 bridgehead atoms. The molecule has 174 valence electrons. The molecular weight excluding hydrogens is 539 g/mol. The number of aromatic nitrogens is 2. The molecule has 0 saturated carbocycles. The molecule has 0 saturated heterocycles. The van der Waals surface area contributed by atoms with E-state index in [1.54, 1.807) is 31.3 Å². The fourth-order valence-corrected chi connectivity index (χ4v) is 3.33. The van der Waals surface area contributed by atoms with E-state index in [2.05, 4.69) is 21.5 Å². The zero-order valence-electron chi connectivity index (χ0n) is 18.4. The van der Waals surface area contributed by atoms with Gasteiger partial charge >= 0.3 is 0 Å². The van der Waals surface area contributed by atoms with Crippen molar-refractivity contribution in [1.29, 1.82) is 5.26 Å². The molecule has 0 fully saturated rings. The van der Waals surface area contributed by atoms with Crippen LogP contribution in [0.5, 0.6) is 0 Å². The molecule has 0 unspecified atom stereocenters. The van der Waals surface area contributed by atoms with Gasteiger partial charge < -0.3 is 16.0 Å². The Labute approximate surface area is 208 Å². The lowest BCUT2D eigenvalue weighted by molar-refractivity contribution is 0.475. The molecule has 3 aromatic rings. The lowest BCUT2D eigenvalue weighted by atomic mass is 10.1. The van der Waals surface area contributed by atoms with Crippen LogP contribution in [-0.4, -0.2) is 41.3 Å². The minimum atomic E-state index is -0.357. The van der Waals surface area contributed by atoms with Crippen molar-refractivity contribution in [2.45, 2.75) is 19.4 Å². The first kappa shape index (κ1) is 26.1. The monoisotopic (exact) mass is 565 g/mol. The summed E-state index contributed by atoms with van der Waals surface area (Å²) in [4.78, 5) is 6.22. The Balaban J connectivity index is 0.00000385. The molecule has 3 rings (SSSR count). The van der Waals surface area contributed by atoms with Crippen LogP contribution in [0.1, 0.15) is 23.2 Å². The molecule has 0 atom stereocenters. The van der Waals surface area contributed by atoms with Crippen LogP contribution in [0.4, 0.5) is 14.6 Å². The van der Waals surface area contributed by atoms with E-state index in [1.165, 1.54) is 28.9 Å². The Morgan fingerprint density at radius 3 is 2.33 bits per heavy atom. The largest absolute Gasteiger partial charge is 0.382 e. The summed E-state index contributed by atoms with van der Waals surface area (Å²) >= 11 is 0. The van der Waals surface area contributed by atoms with Crippen LogP contribution in [0, 0.1) is 23.0 Å². The topological polar surface area (TPSA) is 95.3 Å². The molecule has 0 spiro atoms. The van der Waals surface area contributed by atoms with Gasteiger partial charge in [0, 0.05) is 27.2 Å². The van der Waals surface area contributed by atoms with Gasteiger partial charge in [0.15, 0.2) is 5.96 Å². The van der Waals surface area contributed by atoms with E-state index in [9.17, 15) is 14.0 Å². The molecule has 7 nitrogen and oxygen atoms in total. The molecule has 1 aromatic heterocycles. The average Bonchev–Trinajstić information content (AvgIpc) is 3.11. The first-order valence-corrected chi connectivity index (χ1v) is 10.1. The molecule has 0 aliphatic rings. The van der Waals surface area contributed by atoms with Gasteiger partial charge in [-0.3, -0.25) is 4.99 Å². The number of nitrogens with zero attached hydrogens (tertiary/aromatic N) is 5. The van der Waals surface area contributed by atoms with E-state index in [4.69, 9.17) is 5.73 Å². The Kier molecular flexibility index (Phi) is 9.59. The van der Waals surface area contributed by atoms with Crippen LogP contribution in [-0.2, 0) is 13.0 Å². The Hall–Kier alpha value is -3.20. The first-order chi connectivity index (χ1) is 15.4. The molecule has 0 aliphatic carbocycles. The minimum Gasteiger partial charge on any atom is -0.382 e. The van der Waals surface area contributed by atoms with Crippen molar-refractivity contribution in [2.75, 3.05) is 26.4 Å². The van der Waals surface area contributed by atoms with E-state index in [-0.39, 0.29) is 41.4 Å². The number of guanidine groups is 1. The van der Waals surface area contributed by atoms with E-state index < -0.39 is 0 Å². The normalized spacial score (nSPS) is 10.9. The van der Waals surface area contributed by atoms with Crippen LogP contribution < -0.4 is 11.1 Å². The van der Waals surface area contributed by atoms with E-state index in [0.717, 1.165) is 5.56 Å². The van der Waals surface area contributed by atoms with E-state index in [0.29, 0.717) is 48.8 Å². The Morgan fingerprint density at radius 2 is 1.76 bits per heavy atom. The number of halogens is 3. The van der Waals surface area contributed by atoms with Crippen molar-refractivity contribution in [3.63, 3.8) is 0 Å². The SMILES string of the molecule is CN=C(NCCCc1nn(-c2ccc(F)cc2)c(N)c1C#N)N(C)Cc1ccc(F)cc1.I. The molecule has 0 aliphatic heterocycles. The fourth-order valence-electron chi connectivity index (χ4n) is 3.33. The Morgan fingerprint density at radius 1 is 1.15 bits per heavy atom. The highest BCUT2D eigenvalue weighted by Gasteiger charge is 2.16. The number of aryl methyl sites for hydroxylation is 1. The van der Waals surface area contributed by atoms with Gasteiger partial charge in [-0.2, -0.15) is 10.4 Å². The second-order valence-corrected chi connectivity index (χ2v) is 7.27. The number of nitriles is 1. The number of nitrogen functional groups attached to an aromatic ring is 1. The van der Waals surface area contributed by atoms with Gasteiger partial charge in [0.25, 0.3) is 0 Å². The number of benzene rings is 2. The van der Waals surface area contributed by atoms with E-state index in [1.807, 2.05) is 11.9 Å². The van der Waals surface area contributed by atoms with Crippen molar-refractivity contribution >= 4 is 35.8 Å². The highest BCUT2D eigenvalue weighted by atomic mass is 127. The van der Waals surface area contributed by atoms with Crippen molar-refractivity contribution in [1.82, 2.24) is 20.0 Å². The Bertz CT molecular complexity index is 1120. The lowest BCUT2D eigenvalue weighted by Gasteiger charge is -2.22. The second kappa shape index (κ2) is 12.2. The van der Waals surface area contributed by atoms with Crippen LogP contribution >= 0.6 is 24.0 Å². The van der Waals surface area contributed by atoms with E-state index >= 15 is 0 Å². The van der Waals surface area contributed by atoms with Crippen molar-refractivity contribution < 1.29 is 8.78 Å². The van der Waals surface area contributed by atoms with Gasteiger partial charge in [-0.1, -0.05) is 12.1 Å². The zero-order chi connectivity index (χ0) is 23.1. The predicted octanol–water partition coefficient (Wildman–Crippen LogP) is 3.86. The van der Waals surface area contributed by atoms with Crippen LogP contribution in [0.3, 0.4) is 0 Å². The van der Waals surface area contributed by atoms with Crippen LogP contribution in [0.15, 0.2) is 53.5 Å². The lowest BCUT2D eigenvalue weighted by Crippen LogP contribution is -2.39. The predicted molar refractivity (Wildman–Crippen MR) is 136 cm³/mol. The fraction of sp³-hybridized carbons (Fsp3) is 0.261. The molecule has 1 heterocycles. The van der Waals surface area contributed by atoms with Gasteiger partial charge in [-0.05, 0) is 54.8 Å². The summed E-state index contributed by atoms with van der Waals surface area (Å²) in [6.45, 7) is 1.19. The third kappa shape index (κ3) is 6.64. The van der Waals surface area contributed by atoms with Gasteiger partial charge in [0.05, 0.1) is 11.4 Å². The summed E-state index contributed by atoms with van der Waals surface area (Å²) in [5.41, 5.74) is 8.58. The summed E-state index contributed by atoms with van der Waals surface area (Å²) in [7, 11) is 3.60. The maximum absolute atomic E-state index is 13.2. The number of aliphatic imine (C=N–C) groups is 1. The summed E-state index contributed by atoms with van der Waals surface area (Å²) in [5.74, 6) is 0.310. The number of anilines is 1. The van der Waals surface area contributed by atoms with Crippen molar-refractivity contribution in [3.8, 4) is 11.8 Å². The number of hydrogen-bond donors (Lipinski definition) is 2. The van der Waals surface area contributed by atoms with Gasteiger partial charge in [-0.25, -0.2) is 13.5 Å². The maximum atomic E-state index is 13.2. The summed E-state index contributed by atoms with van der Waals surface area (Å²) in [6.07, 6.45) is 1.23. The zero-order valence-corrected chi connectivity index (χ0v) is 20.8. The third-order valence-corrected chi connectivity index (χ3v) is 4.96. The summed E-state index contributed by atoms with van der Waals surface area (Å²) in [5, 5.41) is 17.3. The van der Waals surface area contributed by atoms with Crippen molar-refractivity contribution in [2.24, 2.45) is 4.99 Å². The number of hydrogen-bond acceptors (Lipinski definition) is 4. The molecular formula is C23H26F2IN7. The second-order valence-electron chi connectivity index (χ2n) is 7.27. The molecule has 33 heavy (non-hydrogen) atoms. The van der Waals surface area contributed by atoms with Gasteiger partial charge in [0.1, 0.15) is 29.1 Å². The average molecular weight is 565 g/mol. The first-order valence-electron chi connectivity index (χ1n) is 10.1. The smallest absolute Gasteiger partial charge is 0.193 e. The molecule has 0 radical (unpaired) electrons. The third-order valence-electron chi connectivity index (χ3n) is 4.96. The minimum absolute atomic E-state index is 0. The molecule has 0 amide bonds. The van der Waals surface area contributed by atoms with Gasteiger partial charge in [0.2, 0.25) is 0 Å². The summed E-state index contributed by atoms with van der Waals surface area (Å²) in [6, 6.07) is 14.2. The van der Waals surface area contributed by atoms with Crippen LogP contribution in [0.2, 0.25) is 0 Å². The molecule has 2 aromatic carbocycles. The molecule has 10 heteroatoms. The van der Waals surface area contributed by atoms with Gasteiger partial charge in [-0.15, -0.1) is 24.0 Å². The highest BCUT2D eigenvalue weighted by Crippen LogP contribution is 2.21.